The lowest BCUT2D eigenvalue weighted by atomic mass is 10.2. The smallest absolute Gasteiger partial charge is 0.219 e. The molecule has 0 saturated carbocycles. The van der Waals surface area contributed by atoms with Gasteiger partial charge in [-0.2, -0.15) is 5.10 Å². The summed E-state index contributed by atoms with van der Waals surface area (Å²) in [7, 11) is -1.10. The van der Waals surface area contributed by atoms with Crippen molar-refractivity contribution in [2.45, 2.75) is 39.0 Å². The van der Waals surface area contributed by atoms with Gasteiger partial charge in [0.15, 0.2) is 0 Å². The summed E-state index contributed by atoms with van der Waals surface area (Å²) in [4.78, 5) is 7.62. The van der Waals surface area contributed by atoms with Gasteiger partial charge >= 0.3 is 0 Å². The van der Waals surface area contributed by atoms with Gasteiger partial charge in [-0.15, -0.1) is 0 Å². The molecule has 3 aromatic heterocycles. The van der Waals surface area contributed by atoms with E-state index in [-0.39, 0.29) is 6.61 Å². The Hall–Kier alpha value is -2.94. The molecule has 4 rings (SSSR count). The van der Waals surface area contributed by atoms with E-state index in [1.165, 1.54) is 0 Å². The van der Waals surface area contributed by atoms with E-state index in [4.69, 9.17) is 9.47 Å². The van der Waals surface area contributed by atoms with Gasteiger partial charge in [0.05, 0.1) is 12.3 Å². The zero-order chi connectivity index (χ0) is 21.8. The molecule has 0 radical (unpaired) electrons. The quantitative estimate of drug-likeness (QED) is 0.284. The first kappa shape index (κ1) is 21.3. The summed E-state index contributed by atoms with van der Waals surface area (Å²) in [6.07, 6.45) is 3.55. The van der Waals surface area contributed by atoms with Crippen LogP contribution in [0, 0.1) is 0 Å². The number of benzene rings is 1. The van der Waals surface area contributed by atoms with Crippen LogP contribution in [0.25, 0.3) is 22.2 Å². The van der Waals surface area contributed by atoms with Crippen LogP contribution in [0.2, 0.25) is 25.7 Å². The van der Waals surface area contributed by atoms with Gasteiger partial charge in [-0.1, -0.05) is 19.6 Å². The number of ether oxygens (including phenoxy) is 2. The van der Waals surface area contributed by atoms with Gasteiger partial charge in [0.25, 0.3) is 0 Å². The van der Waals surface area contributed by atoms with E-state index >= 15 is 0 Å². The zero-order valence-corrected chi connectivity index (χ0v) is 19.1. The average Bonchev–Trinajstić information content (AvgIpc) is 3.37. The molecule has 0 atom stereocenters. The van der Waals surface area contributed by atoms with Crippen molar-refractivity contribution in [2.75, 3.05) is 6.61 Å². The molecular formula is C23H28N4O3Si. The summed E-state index contributed by atoms with van der Waals surface area (Å²) in [5.74, 6) is 1.19. The predicted molar refractivity (Wildman–Crippen MR) is 124 cm³/mol. The summed E-state index contributed by atoms with van der Waals surface area (Å²) in [5.41, 5.74) is 3.59. The fourth-order valence-electron chi connectivity index (χ4n) is 3.24. The fourth-order valence-corrected chi connectivity index (χ4v) is 3.99. The molecule has 0 amide bonds. The molecule has 0 aliphatic carbocycles. The Bertz CT molecular complexity index is 1150. The van der Waals surface area contributed by atoms with Gasteiger partial charge in [0.2, 0.25) is 5.88 Å². The number of H-pyrrole nitrogens is 1. The number of aliphatic hydroxyl groups is 1. The van der Waals surface area contributed by atoms with Crippen LogP contribution in [0.3, 0.4) is 0 Å². The van der Waals surface area contributed by atoms with Crippen LogP contribution >= 0.6 is 0 Å². The van der Waals surface area contributed by atoms with Crippen LogP contribution < -0.4 is 4.74 Å². The van der Waals surface area contributed by atoms with Crippen molar-refractivity contribution in [3.8, 4) is 22.9 Å². The molecule has 0 spiro atoms. The molecule has 0 unspecified atom stereocenters. The van der Waals surface area contributed by atoms with Crippen LogP contribution in [0.15, 0.2) is 54.9 Å². The first-order valence-corrected chi connectivity index (χ1v) is 14.1. The maximum Gasteiger partial charge on any atom is 0.219 e. The topological polar surface area (TPSA) is 85.2 Å². The third-order valence-electron chi connectivity index (χ3n) is 5.00. The molecule has 8 heteroatoms. The third kappa shape index (κ3) is 5.41. The van der Waals surface area contributed by atoms with Gasteiger partial charge < -0.3 is 19.6 Å². The summed E-state index contributed by atoms with van der Waals surface area (Å²) in [6, 6.07) is 14.6. The van der Waals surface area contributed by atoms with E-state index < -0.39 is 8.07 Å². The van der Waals surface area contributed by atoms with Gasteiger partial charge in [0, 0.05) is 61.4 Å². The first-order valence-electron chi connectivity index (χ1n) is 10.4. The molecular weight excluding hydrogens is 408 g/mol. The van der Waals surface area contributed by atoms with Crippen molar-refractivity contribution in [1.82, 2.24) is 19.7 Å². The molecule has 0 bridgehead atoms. The maximum absolute atomic E-state index is 9.27. The van der Waals surface area contributed by atoms with E-state index in [9.17, 15) is 5.11 Å². The van der Waals surface area contributed by atoms with Crippen LogP contribution in [0.4, 0.5) is 0 Å². The standard InChI is InChI=1S/C23H28N4O3Si/c1-31(2,3)11-10-29-16-27-22(8-9-25-27)18-5-7-23(24-14-18)30-20-6-4-17-12-19(15-28)26-21(17)13-20/h4-9,12-14,26,28H,10-11,15-16H2,1-3H3. The Morgan fingerprint density at radius 2 is 1.97 bits per heavy atom. The second-order valence-electron chi connectivity index (χ2n) is 8.75. The van der Waals surface area contributed by atoms with E-state index in [1.54, 1.807) is 12.4 Å². The molecule has 0 saturated heterocycles. The van der Waals surface area contributed by atoms with Crippen LogP contribution in [0.5, 0.6) is 11.6 Å². The summed E-state index contributed by atoms with van der Waals surface area (Å²) < 4.78 is 13.6. The number of fused-ring (bicyclic) bond motifs is 1. The SMILES string of the molecule is C[Si](C)(C)CCOCn1nccc1-c1ccc(Oc2ccc3cc(CO)[nH]c3c2)nc1. The van der Waals surface area contributed by atoms with Crippen molar-refractivity contribution in [1.29, 1.82) is 0 Å². The lowest BCUT2D eigenvalue weighted by Gasteiger charge is -2.16. The van der Waals surface area contributed by atoms with Gasteiger partial charge in [-0.25, -0.2) is 9.67 Å². The number of aliphatic hydroxyl groups excluding tert-OH is 1. The molecule has 31 heavy (non-hydrogen) atoms. The second-order valence-corrected chi connectivity index (χ2v) is 14.4. The van der Waals surface area contributed by atoms with Crippen LogP contribution in [0.1, 0.15) is 5.69 Å². The number of rotatable bonds is 9. The highest BCUT2D eigenvalue weighted by molar-refractivity contribution is 6.76. The highest BCUT2D eigenvalue weighted by Gasteiger charge is 2.13. The monoisotopic (exact) mass is 436 g/mol. The fraction of sp³-hybridized carbons (Fsp3) is 0.304. The highest BCUT2D eigenvalue weighted by Crippen LogP contribution is 2.27. The number of hydrogen-bond acceptors (Lipinski definition) is 5. The van der Waals surface area contributed by atoms with Crippen molar-refractivity contribution in [2.24, 2.45) is 0 Å². The number of aromatic amines is 1. The van der Waals surface area contributed by atoms with E-state index in [1.807, 2.05) is 47.1 Å². The molecule has 1 aromatic carbocycles. The van der Waals surface area contributed by atoms with Gasteiger partial charge in [-0.3, -0.25) is 0 Å². The number of nitrogens with zero attached hydrogens (tertiary/aromatic N) is 3. The van der Waals surface area contributed by atoms with Gasteiger partial charge in [0.1, 0.15) is 12.5 Å². The Balaban J connectivity index is 1.41. The largest absolute Gasteiger partial charge is 0.439 e. The van der Waals surface area contributed by atoms with E-state index in [0.29, 0.717) is 18.4 Å². The molecule has 7 nitrogen and oxygen atoms in total. The Kier molecular flexibility index (Phi) is 6.22. The van der Waals surface area contributed by atoms with E-state index in [0.717, 1.165) is 40.5 Å². The predicted octanol–water partition coefficient (Wildman–Crippen LogP) is 5.02. The lowest BCUT2D eigenvalue weighted by Crippen LogP contribution is -2.22. The minimum absolute atomic E-state index is 0.0200. The summed E-state index contributed by atoms with van der Waals surface area (Å²) >= 11 is 0. The van der Waals surface area contributed by atoms with Crippen molar-refractivity contribution >= 4 is 19.0 Å². The Labute approximate surface area is 182 Å². The average molecular weight is 437 g/mol. The minimum atomic E-state index is -1.10. The molecule has 0 aliphatic rings. The lowest BCUT2D eigenvalue weighted by molar-refractivity contribution is 0.0798. The van der Waals surface area contributed by atoms with Crippen LogP contribution in [-0.2, 0) is 18.1 Å². The number of pyridine rings is 1. The van der Waals surface area contributed by atoms with Crippen LogP contribution in [-0.4, -0.2) is 39.5 Å². The number of aromatic nitrogens is 4. The highest BCUT2D eigenvalue weighted by atomic mass is 28.3. The molecule has 0 aliphatic heterocycles. The number of hydrogen-bond donors (Lipinski definition) is 2. The Morgan fingerprint density at radius 1 is 1.10 bits per heavy atom. The normalized spacial score (nSPS) is 11.9. The van der Waals surface area contributed by atoms with Crippen molar-refractivity contribution < 1.29 is 14.6 Å². The second kappa shape index (κ2) is 9.05. The summed E-state index contributed by atoms with van der Waals surface area (Å²) in [6.45, 7) is 8.18. The molecule has 2 N–H and O–H groups in total. The Morgan fingerprint density at radius 3 is 2.71 bits per heavy atom. The zero-order valence-electron chi connectivity index (χ0n) is 18.1. The van der Waals surface area contributed by atoms with Crippen molar-refractivity contribution in [3.05, 3.63) is 60.6 Å². The molecule has 0 fully saturated rings. The summed E-state index contributed by atoms with van der Waals surface area (Å²) in [5, 5.41) is 14.7. The third-order valence-corrected chi connectivity index (χ3v) is 6.71. The molecule has 162 valence electrons. The van der Waals surface area contributed by atoms with E-state index in [2.05, 4.69) is 34.7 Å². The molecule has 4 aromatic rings. The first-order chi connectivity index (χ1) is 14.9. The maximum atomic E-state index is 9.27. The minimum Gasteiger partial charge on any atom is -0.439 e. The van der Waals surface area contributed by atoms with Crippen molar-refractivity contribution in [3.63, 3.8) is 0 Å². The number of nitrogens with one attached hydrogen (secondary N) is 1. The molecule has 3 heterocycles. The van der Waals surface area contributed by atoms with Gasteiger partial charge in [-0.05, 0) is 36.4 Å².